The lowest BCUT2D eigenvalue weighted by Crippen LogP contribution is -2.13. The molecule has 1 saturated carbocycles. The molecule has 3 rings (SSSR count). The van der Waals surface area contributed by atoms with Crippen LogP contribution in [-0.4, -0.2) is 15.7 Å². The lowest BCUT2D eigenvalue weighted by Gasteiger charge is -2.24. The molecule has 76 valence electrons. The quantitative estimate of drug-likeness (QED) is 0.698. The predicted octanol–water partition coefficient (Wildman–Crippen LogP) is 2.41. The average Bonchev–Trinajstić information content (AvgIpc) is 2.59. The first kappa shape index (κ1) is 8.65. The third-order valence-electron chi connectivity index (χ3n) is 3.20. The predicted molar refractivity (Wildman–Crippen MR) is 57.2 cm³/mol. The lowest BCUT2D eigenvalue weighted by atomic mass is 9.85. The van der Waals surface area contributed by atoms with Crippen molar-refractivity contribution in [2.75, 3.05) is 0 Å². The molecule has 0 spiro atoms. The Hall–Kier alpha value is -1.64. The number of imidazole rings is 1. The van der Waals surface area contributed by atoms with E-state index in [-0.39, 0.29) is 0 Å². The largest absolute Gasteiger partial charge is 0.296 e. The second-order valence-electron chi connectivity index (χ2n) is 4.07. The van der Waals surface area contributed by atoms with Gasteiger partial charge >= 0.3 is 0 Å². The Morgan fingerprint density at radius 2 is 2.27 bits per heavy atom. The van der Waals surface area contributed by atoms with E-state index in [0.29, 0.717) is 11.6 Å². The molecule has 1 aliphatic rings. The number of pyridine rings is 1. The number of aldehydes is 1. The van der Waals surface area contributed by atoms with Gasteiger partial charge in [-0.25, -0.2) is 4.98 Å². The zero-order valence-electron chi connectivity index (χ0n) is 8.39. The molecular weight excluding hydrogens is 188 g/mol. The van der Waals surface area contributed by atoms with Gasteiger partial charge in [-0.1, -0.05) is 12.5 Å². The van der Waals surface area contributed by atoms with Gasteiger partial charge in [-0.15, -0.1) is 0 Å². The summed E-state index contributed by atoms with van der Waals surface area (Å²) in [5.41, 5.74) is 1.72. The van der Waals surface area contributed by atoms with E-state index >= 15 is 0 Å². The molecule has 1 aliphatic carbocycles. The number of hydrogen-bond acceptors (Lipinski definition) is 2. The van der Waals surface area contributed by atoms with E-state index in [1.54, 1.807) is 0 Å². The summed E-state index contributed by atoms with van der Waals surface area (Å²) in [5.74, 6) is 1.60. The fourth-order valence-electron chi connectivity index (χ4n) is 2.15. The van der Waals surface area contributed by atoms with E-state index in [0.717, 1.165) is 17.6 Å². The Labute approximate surface area is 87.7 Å². The highest BCUT2D eigenvalue weighted by atomic mass is 16.1. The fourth-order valence-corrected chi connectivity index (χ4v) is 2.15. The number of carbonyl (C=O) groups excluding carboxylic acids is 1. The Kier molecular flexibility index (Phi) is 1.84. The number of fused-ring (bicyclic) bond motifs is 1. The SMILES string of the molecule is O=Cc1cccc2cnc(C3CCC3)n12. The zero-order valence-corrected chi connectivity index (χ0v) is 8.39. The minimum atomic E-state index is 0.550. The summed E-state index contributed by atoms with van der Waals surface area (Å²) in [4.78, 5) is 15.4. The van der Waals surface area contributed by atoms with Crippen LogP contribution in [-0.2, 0) is 0 Å². The normalized spacial score (nSPS) is 16.5. The molecule has 0 aliphatic heterocycles. The molecule has 0 N–H and O–H groups in total. The van der Waals surface area contributed by atoms with Crippen LogP contribution < -0.4 is 0 Å². The molecule has 2 heterocycles. The van der Waals surface area contributed by atoms with Gasteiger partial charge in [-0.3, -0.25) is 9.20 Å². The van der Waals surface area contributed by atoms with E-state index in [2.05, 4.69) is 4.98 Å². The second kappa shape index (κ2) is 3.19. The minimum absolute atomic E-state index is 0.550. The molecule has 0 unspecified atom stereocenters. The number of carbonyl (C=O) groups is 1. The summed E-state index contributed by atoms with van der Waals surface area (Å²) >= 11 is 0. The van der Waals surface area contributed by atoms with Crippen LogP contribution in [0.4, 0.5) is 0 Å². The molecule has 2 aromatic rings. The summed E-state index contributed by atoms with van der Waals surface area (Å²) < 4.78 is 1.98. The molecule has 0 aromatic carbocycles. The van der Waals surface area contributed by atoms with Crippen LogP contribution in [0, 0.1) is 0 Å². The maximum absolute atomic E-state index is 11.0. The fraction of sp³-hybridized carbons (Fsp3) is 0.333. The van der Waals surface area contributed by atoms with Crippen LogP contribution in [0.1, 0.15) is 41.5 Å². The van der Waals surface area contributed by atoms with E-state index in [1.165, 1.54) is 19.3 Å². The van der Waals surface area contributed by atoms with Crippen LogP contribution in [0.2, 0.25) is 0 Å². The van der Waals surface area contributed by atoms with Gasteiger partial charge in [0.2, 0.25) is 0 Å². The van der Waals surface area contributed by atoms with Crippen LogP contribution in [0.3, 0.4) is 0 Å². The standard InChI is InChI=1S/C12H12N2O/c15-8-11-6-2-5-10-7-13-12(14(10)11)9-3-1-4-9/h2,5-9H,1,3-4H2. The third kappa shape index (κ3) is 1.19. The average molecular weight is 200 g/mol. The Bertz CT molecular complexity index is 511. The highest BCUT2D eigenvalue weighted by Crippen LogP contribution is 2.35. The van der Waals surface area contributed by atoms with Crippen molar-refractivity contribution in [3.63, 3.8) is 0 Å². The van der Waals surface area contributed by atoms with Gasteiger partial charge in [0.1, 0.15) is 5.82 Å². The van der Waals surface area contributed by atoms with Crippen LogP contribution in [0.25, 0.3) is 5.52 Å². The van der Waals surface area contributed by atoms with Crippen molar-refractivity contribution in [1.82, 2.24) is 9.38 Å². The van der Waals surface area contributed by atoms with Crippen LogP contribution in [0.5, 0.6) is 0 Å². The summed E-state index contributed by atoms with van der Waals surface area (Å²) in [6, 6.07) is 5.72. The molecule has 0 radical (unpaired) electrons. The van der Waals surface area contributed by atoms with Crippen molar-refractivity contribution in [2.45, 2.75) is 25.2 Å². The Morgan fingerprint density at radius 1 is 1.40 bits per heavy atom. The molecular formula is C12H12N2O. The highest BCUT2D eigenvalue weighted by molar-refractivity contribution is 5.74. The summed E-state index contributed by atoms with van der Waals surface area (Å²) in [7, 11) is 0. The lowest BCUT2D eigenvalue weighted by molar-refractivity contribution is 0.111. The van der Waals surface area contributed by atoms with Crippen molar-refractivity contribution in [1.29, 1.82) is 0 Å². The Balaban J connectivity index is 2.25. The Morgan fingerprint density at radius 3 is 2.93 bits per heavy atom. The number of nitrogens with zero attached hydrogens (tertiary/aromatic N) is 2. The number of hydrogen-bond donors (Lipinski definition) is 0. The molecule has 2 aromatic heterocycles. The van der Waals surface area contributed by atoms with Gasteiger partial charge in [0.15, 0.2) is 6.29 Å². The van der Waals surface area contributed by atoms with Gasteiger partial charge in [-0.2, -0.15) is 0 Å². The smallest absolute Gasteiger partial charge is 0.166 e. The molecule has 0 bridgehead atoms. The molecule has 3 heteroatoms. The van der Waals surface area contributed by atoms with Gasteiger partial charge < -0.3 is 0 Å². The number of rotatable bonds is 2. The molecule has 0 saturated heterocycles. The monoisotopic (exact) mass is 200 g/mol. The van der Waals surface area contributed by atoms with Crippen LogP contribution >= 0.6 is 0 Å². The van der Waals surface area contributed by atoms with Crippen molar-refractivity contribution in [3.05, 3.63) is 35.9 Å². The molecule has 0 atom stereocenters. The maximum atomic E-state index is 11.0. The van der Waals surface area contributed by atoms with Crippen molar-refractivity contribution >= 4 is 11.8 Å². The first-order chi connectivity index (χ1) is 7.40. The van der Waals surface area contributed by atoms with Crippen molar-refractivity contribution in [2.24, 2.45) is 0 Å². The minimum Gasteiger partial charge on any atom is -0.296 e. The summed E-state index contributed by atoms with van der Waals surface area (Å²) in [6.45, 7) is 0. The first-order valence-electron chi connectivity index (χ1n) is 5.31. The summed E-state index contributed by atoms with van der Waals surface area (Å²) in [6.07, 6.45) is 6.43. The zero-order chi connectivity index (χ0) is 10.3. The van der Waals surface area contributed by atoms with E-state index in [1.807, 2.05) is 28.8 Å². The van der Waals surface area contributed by atoms with E-state index in [4.69, 9.17) is 0 Å². The van der Waals surface area contributed by atoms with Crippen molar-refractivity contribution in [3.8, 4) is 0 Å². The maximum Gasteiger partial charge on any atom is 0.166 e. The van der Waals surface area contributed by atoms with Crippen molar-refractivity contribution < 1.29 is 4.79 Å². The van der Waals surface area contributed by atoms with Gasteiger partial charge in [0, 0.05) is 5.92 Å². The summed E-state index contributed by atoms with van der Waals surface area (Å²) in [5, 5.41) is 0. The highest BCUT2D eigenvalue weighted by Gasteiger charge is 2.24. The molecule has 15 heavy (non-hydrogen) atoms. The van der Waals surface area contributed by atoms with Gasteiger partial charge in [-0.05, 0) is 25.0 Å². The molecule has 0 amide bonds. The van der Waals surface area contributed by atoms with Gasteiger partial charge in [0.25, 0.3) is 0 Å². The number of aromatic nitrogens is 2. The second-order valence-corrected chi connectivity index (χ2v) is 4.07. The van der Waals surface area contributed by atoms with E-state index < -0.39 is 0 Å². The topological polar surface area (TPSA) is 34.4 Å². The van der Waals surface area contributed by atoms with Crippen LogP contribution in [0.15, 0.2) is 24.4 Å². The van der Waals surface area contributed by atoms with E-state index in [9.17, 15) is 4.79 Å². The van der Waals surface area contributed by atoms with Gasteiger partial charge in [0.05, 0.1) is 17.4 Å². The molecule has 3 nitrogen and oxygen atoms in total. The molecule has 1 fully saturated rings. The first-order valence-corrected chi connectivity index (χ1v) is 5.31. The third-order valence-corrected chi connectivity index (χ3v) is 3.20.